The van der Waals surface area contributed by atoms with Gasteiger partial charge in [0.15, 0.2) is 0 Å². The van der Waals surface area contributed by atoms with Crippen LogP contribution in [0.25, 0.3) is 0 Å². The number of aromatic carboxylic acids is 1. The standard InChI is InChI=1S/C14H19N3O2S/c1-10-6-11(2)17(16-10)5-3-4-15-8-13-7-12(9-20-13)14(18)19/h6-7,9,15H,3-5,8H2,1-2H3,(H,18,19). The molecule has 108 valence electrons. The third-order valence-electron chi connectivity index (χ3n) is 3.03. The van der Waals surface area contributed by atoms with Crippen molar-refractivity contribution in [1.82, 2.24) is 15.1 Å². The van der Waals surface area contributed by atoms with Gasteiger partial charge in [-0.25, -0.2) is 4.79 Å². The maximum absolute atomic E-state index is 10.8. The maximum atomic E-state index is 10.8. The third-order valence-corrected chi connectivity index (χ3v) is 3.96. The van der Waals surface area contributed by atoms with E-state index in [0.717, 1.165) is 36.6 Å². The van der Waals surface area contributed by atoms with Gasteiger partial charge >= 0.3 is 5.97 Å². The van der Waals surface area contributed by atoms with Gasteiger partial charge in [0.1, 0.15) is 0 Å². The van der Waals surface area contributed by atoms with Gasteiger partial charge in [0.05, 0.1) is 11.3 Å². The van der Waals surface area contributed by atoms with Crippen molar-refractivity contribution in [2.75, 3.05) is 6.54 Å². The first-order chi connectivity index (χ1) is 9.56. The second kappa shape index (κ2) is 6.67. The molecule has 0 amide bonds. The molecule has 6 heteroatoms. The van der Waals surface area contributed by atoms with Crippen molar-refractivity contribution in [2.24, 2.45) is 0 Å². The highest BCUT2D eigenvalue weighted by molar-refractivity contribution is 7.10. The molecule has 0 aliphatic carbocycles. The van der Waals surface area contributed by atoms with E-state index in [2.05, 4.69) is 23.4 Å². The molecular formula is C14H19N3O2S. The quantitative estimate of drug-likeness (QED) is 0.769. The van der Waals surface area contributed by atoms with Gasteiger partial charge in [0, 0.05) is 29.0 Å². The summed E-state index contributed by atoms with van der Waals surface area (Å²) in [7, 11) is 0. The fourth-order valence-corrected chi connectivity index (χ4v) is 2.88. The summed E-state index contributed by atoms with van der Waals surface area (Å²) in [5, 5.41) is 18.3. The smallest absolute Gasteiger partial charge is 0.336 e. The molecule has 0 saturated heterocycles. The summed E-state index contributed by atoms with van der Waals surface area (Å²) in [6, 6.07) is 3.80. The van der Waals surface area contributed by atoms with Gasteiger partial charge in [-0.1, -0.05) is 0 Å². The Morgan fingerprint density at radius 2 is 2.25 bits per heavy atom. The van der Waals surface area contributed by atoms with Crippen molar-refractivity contribution in [1.29, 1.82) is 0 Å². The predicted octanol–water partition coefficient (Wildman–Crippen LogP) is 2.44. The largest absolute Gasteiger partial charge is 0.478 e. The number of carbonyl (C=O) groups is 1. The van der Waals surface area contributed by atoms with Crippen LogP contribution >= 0.6 is 11.3 Å². The Kier molecular flexibility index (Phi) is 4.92. The minimum atomic E-state index is -0.864. The van der Waals surface area contributed by atoms with E-state index in [1.807, 2.05) is 11.6 Å². The first-order valence-electron chi connectivity index (χ1n) is 6.59. The summed E-state index contributed by atoms with van der Waals surface area (Å²) < 4.78 is 2.02. The van der Waals surface area contributed by atoms with Crippen LogP contribution in [-0.4, -0.2) is 27.4 Å². The molecule has 0 fully saturated rings. The second-order valence-electron chi connectivity index (χ2n) is 4.79. The number of nitrogens with one attached hydrogen (secondary N) is 1. The summed E-state index contributed by atoms with van der Waals surface area (Å²) >= 11 is 1.48. The van der Waals surface area contributed by atoms with Crippen molar-refractivity contribution >= 4 is 17.3 Å². The van der Waals surface area contributed by atoms with Crippen LogP contribution in [0.2, 0.25) is 0 Å². The van der Waals surface area contributed by atoms with Crippen LogP contribution in [0, 0.1) is 13.8 Å². The Labute approximate surface area is 122 Å². The number of rotatable bonds is 7. The molecule has 0 atom stereocenters. The number of carboxylic acid groups (broad SMARTS) is 1. The van der Waals surface area contributed by atoms with Crippen molar-refractivity contribution in [3.05, 3.63) is 39.3 Å². The fourth-order valence-electron chi connectivity index (χ4n) is 2.05. The molecule has 0 unspecified atom stereocenters. The number of aryl methyl sites for hydroxylation is 3. The molecule has 0 saturated carbocycles. The fraction of sp³-hybridized carbons (Fsp3) is 0.429. The summed E-state index contributed by atoms with van der Waals surface area (Å²) in [5.41, 5.74) is 2.61. The minimum Gasteiger partial charge on any atom is -0.478 e. The normalized spacial score (nSPS) is 10.9. The van der Waals surface area contributed by atoms with Gasteiger partial charge in [0.25, 0.3) is 0 Å². The molecule has 2 aromatic heterocycles. The molecule has 0 spiro atoms. The number of carboxylic acids is 1. The van der Waals surface area contributed by atoms with Crippen LogP contribution < -0.4 is 5.32 Å². The van der Waals surface area contributed by atoms with Gasteiger partial charge in [-0.05, 0) is 38.9 Å². The van der Waals surface area contributed by atoms with Crippen LogP contribution in [0.5, 0.6) is 0 Å². The van der Waals surface area contributed by atoms with E-state index < -0.39 is 5.97 Å². The van der Waals surface area contributed by atoms with Crippen molar-refractivity contribution in [2.45, 2.75) is 33.4 Å². The third kappa shape index (κ3) is 3.91. The Morgan fingerprint density at radius 1 is 1.45 bits per heavy atom. The highest BCUT2D eigenvalue weighted by Crippen LogP contribution is 2.14. The molecule has 0 aromatic carbocycles. The molecule has 2 aromatic rings. The summed E-state index contributed by atoms with van der Waals surface area (Å²) in [6.07, 6.45) is 0.999. The van der Waals surface area contributed by atoms with Crippen LogP contribution in [0.1, 0.15) is 33.0 Å². The van der Waals surface area contributed by atoms with Crippen LogP contribution in [-0.2, 0) is 13.1 Å². The Bertz CT molecular complexity index is 589. The maximum Gasteiger partial charge on any atom is 0.336 e. The first kappa shape index (κ1) is 14.7. The van der Waals surface area contributed by atoms with E-state index in [1.165, 1.54) is 17.0 Å². The predicted molar refractivity (Wildman–Crippen MR) is 79.3 cm³/mol. The van der Waals surface area contributed by atoms with Crippen molar-refractivity contribution in [3.8, 4) is 0 Å². The SMILES string of the molecule is Cc1cc(C)n(CCCNCc2cc(C(=O)O)cs2)n1. The number of nitrogens with zero attached hydrogens (tertiary/aromatic N) is 2. The molecule has 2 rings (SSSR count). The lowest BCUT2D eigenvalue weighted by Gasteiger charge is -2.05. The van der Waals surface area contributed by atoms with E-state index in [9.17, 15) is 4.79 Å². The zero-order valence-corrected chi connectivity index (χ0v) is 12.5. The Morgan fingerprint density at radius 3 is 2.85 bits per heavy atom. The number of hydrogen-bond acceptors (Lipinski definition) is 4. The monoisotopic (exact) mass is 293 g/mol. The number of thiophene rings is 1. The van der Waals surface area contributed by atoms with Gasteiger partial charge < -0.3 is 10.4 Å². The van der Waals surface area contributed by atoms with E-state index in [4.69, 9.17) is 5.11 Å². The molecule has 2 N–H and O–H groups in total. The molecular weight excluding hydrogens is 274 g/mol. The second-order valence-corrected chi connectivity index (χ2v) is 5.78. The van der Waals surface area contributed by atoms with E-state index in [1.54, 1.807) is 11.4 Å². The molecule has 20 heavy (non-hydrogen) atoms. The molecule has 0 aliphatic heterocycles. The van der Waals surface area contributed by atoms with Crippen LogP contribution in [0.4, 0.5) is 0 Å². The first-order valence-corrected chi connectivity index (χ1v) is 7.46. The van der Waals surface area contributed by atoms with Gasteiger partial charge in [-0.2, -0.15) is 5.10 Å². The molecule has 0 aliphatic rings. The van der Waals surface area contributed by atoms with E-state index >= 15 is 0 Å². The van der Waals surface area contributed by atoms with Gasteiger partial charge in [-0.15, -0.1) is 11.3 Å². The van der Waals surface area contributed by atoms with Crippen LogP contribution in [0.3, 0.4) is 0 Å². The lowest BCUT2D eigenvalue weighted by Crippen LogP contribution is -2.16. The van der Waals surface area contributed by atoms with E-state index in [0.29, 0.717) is 5.56 Å². The summed E-state index contributed by atoms with van der Waals surface area (Å²) in [4.78, 5) is 11.8. The topological polar surface area (TPSA) is 67.2 Å². The zero-order chi connectivity index (χ0) is 14.5. The van der Waals surface area contributed by atoms with E-state index in [-0.39, 0.29) is 0 Å². The lowest BCUT2D eigenvalue weighted by molar-refractivity contribution is 0.0697. The Hall–Kier alpha value is -1.66. The van der Waals surface area contributed by atoms with Crippen molar-refractivity contribution < 1.29 is 9.90 Å². The number of hydrogen-bond donors (Lipinski definition) is 2. The highest BCUT2D eigenvalue weighted by atomic mass is 32.1. The average molecular weight is 293 g/mol. The lowest BCUT2D eigenvalue weighted by atomic mass is 10.3. The van der Waals surface area contributed by atoms with Crippen molar-refractivity contribution in [3.63, 3.8) is 0 Å². The minimum absolute atomic E-state index is 0.370. The highest BCUT2D eigenvalue weighted by Gasteiger charge is 2.06. The van der Waals surface area contributed by atoms with Crippen LogP contribution in [0.15, 0.2) is 17.5 Å². The molecule has 0 radical (unpaired) electrons. The molecule has 0 bridgehead atoms. The summed E-state index contributed by atoms with van der Waals surface area (Å²) in [5.74, 6) is -0.864. The summed E-state index contributed by atoms with van der Waals surface area (Å²) in [6.45, 7) is 6.57. The molecule has 5 nitrogen and oxygen atoms in total. The van der Waals surface area contributed by atoms with Gasteiger partial charge in [-0.3, -0.25) is 4.68 Å². The Balaban J connectivity index is 1.68. The zero-order valence-electron chi connectivity index (χ0n) is 11.7. The number of aromatic nitrogens is 2. The molecule has 2 heterocycles. The average Bonchev–Trinajstić information content (AvgIpc) is 2.96. The van der Waals surface area contributed by atoms with Gasteiger partial charge in [0.2, 0.25) is 0 Å².